The summed E-state index contributed by atoms with van der Waals surface area (Å²) in [6, 6.07) is 10.2. The number of nitrogens with zero attached hydrogens (tertiary/aromatic N) is 5. The highest BCUT2D eigenvalue weighted by atomic mass is 16.2. The van der Waals surface area contributed by atoms with Crippen LogP contribution in [0.3, 0.4) is 0 Å². The molecule has 25 heavy (non-hydrogen) atoms. The van der Waals surface area contributed by atoms with Crippen molar-refractivity contribution in [1.82, 2.24) is 14.9 Å². The Bertz CT molecular complexity index is 679. The Labute approximate surface area is 149 Å². The molecule has 2 heterocycles. The van der Waals surface area contributed by atoms with Crippen molar-refractivity contribution in [3.8, 4) is 0 Å². The fourth-order valence-corrected chi connectivity index (χ4v) is 2.98. The number of piperazine rings is 1. The highest BCUT2D eigenvalue weighted by Gasteiger charge is 2.22. The van der Waals surface area contributed by atoms with Crippen molar-refractivity contribution in [2.45, 2.75) is 12.8 Å². The van der Waals surface area contributed by atoms with E-state index in [9.17, 15) is 4.79 Å². The summed E-state index contributed by atoms with van der Waals surface area (Å²) in [4.78, 5) is 27.2. The number of carbonyl (C=O) groups excluding carboxylic acids is 1. The molecule has 6 heteroatoms. The molecule has 0 N–H and O–H groups in total. The predicted molar refractivity (Wildman–Crippen MR) is 99.9 cm³/mol. The summed E-state index contributed by atoms with van der Waals surface area (Å²) in [6.45, 7) is 3.04. The van der Waals surface area contributed by atoms with Crippen LogP contribution in [-0.2, 0) is 11.2 Å². The quantitative estimate of drug-likeness (QED) is 0.832. The van der Waals surface area contributed by atoms with Gasteiger partial charge in [0.05, 0.1) is 0 Å². The van der Waals surface area contributed by atoms with E-state index in [0.717, 1.165) is 38.5 Å². The van der Waals surface area contributed by atoms with Crippen LogP contribution in [0, 0.1) is 0 Å². The number of hydrogen-bond acceptors (Lipinski definition) is 5. The lowest BCUT2D eigenvalue weighted by Crippen LogP contribution is -2.49. The largest absolute Gasteiger partial charge is 0.378 e. The number of anilines is 2. The molecule has 0 aliphatic carbocycles. The third-order valence-corrected chi connectivity index (χ3v) is 4.55. The first-order valence-corrected chi connectivity index (χ1v) is 8.69. The molecule has 3 rings (SSSR count). The molecule has 0 saturated carbocycles. The van der Waals surface area contributed by atoms with Crippen molar-refractivity contribution < 1.29 is 4.79 Å². The molecule has 1 aliphatic heterocycles. The molecule has 1 saturated heterocycles. The summed E-state index contributed by atoms with van der Waals surface area (Å²) in [5, 5.41) is 0. The van der Waals surface area contributed by atoms with E-state index in [1.807, 2.05) is 25.1 Å². The Morgan fingerprint density at radius 3 is 2.28 bits per heavy atom. The van der Waals surface area contributed by atoms with E-state index in [-0.39, 0.29) is 5.91 Å². The van der Waals surface area contributed by atoms with E-state index in [1.54, 1.807) is 12.4 Å². The minimum atomic E-state index is 0.227. The second kappa shape index (κ2) is 7.96. The molecule has 0 bridgehead atoms. The Morgan fingerprint density at radius 1 is 1.04 bits per heavy atom. The Kier molecular flexibility index (Phi) is 5.48. The highest BCUT2D eigenvalue weighted by Crippen LogP contribution is 2.15. The second-order valence-corrected chi connectivity index (χ2v) is 6.48. The van der Waals surface area contributed by atoms with Crippen LogP contribution in [0.15, 0.2) is 42.7 Å². The Hall–Kier alpha value is -2.63. The molecule has 2 aromatic rings. The maximum atomic E-state index is 12.5. The molecule has 0 unspecified atom stereocenters. The van der Waals surface area contributed by atoms with Crippen molar-refractivity contribution in [3.63, 3.8) is 0 Å². The van der Waals surface area contributed by atoms with E-state index < -0.39 is 0 Å². The van der Waals surface area contributed by atoms with Gasteiger partial charge in [0, 0.05) is 64.8 Å². The van der Waals surface area contributed by atoms with Crippen LogP contribution in [-0.4, -0.2) is 61.0 Å². The number of hydrogen-bond donors (Lipinski definition) is 0. The zero-order valence-corrected chi connectivity index (χ0v) is 14.9. The molecular weight excluding hydrogens is 314 g/mol. The molecule has 132 valence electrons. The molecule has 1 amide bonds. The number of rotatable bonds is 5. The van der Waals surface area contributed by atoms with E-state index in [4.69, 9.17) is 0 Å². The molecule has 1 aliphatic rings. The van der Waals surface area contributed by atoms with E-state index in [0.29, 0.717) is 6.42 Å². The van der Waals surface area contributed by atoms with E-state index in [1.165, 1.54) is 11.3 Å². The van der Waals surface area contributed by atoms with Crippen LogP contribution in [0.25, 0.3) is 0 Å². The lowest BCUT2D eigenvalue weighted by Gasteiger charge is -2.34. The van der Waals surface area contributed by atoms with Gasteiger partial charge in [0.2, 0.25) is 11.9 Å². The first-order chi connectivity index (χ1) is 12.1. The van der Waals surface area contributed by atoms with Gasteiger partial charge >= 0.3 is 0 Å². The maximum Gasteiger partial charge on any atom is 0.225 e. The average molecular weight is 339 g/mol. The smallest absolute Gasteiger partial charge is 0.225 e. The topological polar surface area (TPSA) is 52.6 Å². The van der Waals surface area contributed by atoms with Gasteiger partial charge in [-0.25, -0.2) is 9.97 Å². The second-order valence-electron chi connectivity index (χ2n) is 6.48. The third kappa shape index (κ3) is 4.47. The van der Waals surface area contributed by atoms with Crippen LogP contribution >= 0.6 is 0 Å². The molecule has 6 nitrogen and oxygen atoms in total. The molecule has 0 radical (unpaired) electrons. The van der Waals surface area contributed by atoms with Crippen molar-refractivity contribution in [2.75, 3.05) is 50.1 Å². The van der Waals surface area contributed by atoms with Crippen molar-refractivity contribution in [2.24, 2.45) is 0 Å². The zero-order chi connectivity index (χ0) is 17.6. The Balaban J connectivity index is 1.46. The molecular formula is C19H25N5O. The standard InChI is InChI=1S/C19H25N5O/c1-22(2)17-7-4-16(5-8-17)6-9-18(25)23-12-14-24(15-13-23)19-20-10-3-11-21-19/h3-5,7-8,10-11H,6,9,12-15H2,1-2H3. The number of benzene rings is 1. The maximum absolute atomic E-state index is 12.5. The van der Waals surface area contributed by atoms with Gasteiger partial charge in [-0.15, -0.1) is 0 Å². The van der Waals surface area contributed by atoms with Gasteiger partial charge in [-0.2, -0.15) is 0 Å². The first kappa shape index (κ1) is 17.2. The van der Waals surface area contributed by atoms with Gasteiger partial charge in [-0.3, -0.25) is 4.79 Å². The fourth-order valence-electron chi connectivity index (χ4n) is 2.98. The minimum Gasteiger partial charge on any atom is -0.378 e. The fraction of sp³-hybridized carbons (Fsp3) is 0.421. The van der Waals surface area contributed by atoms with Crippen LogP contribution < -0.4 is 9.80 Å². The van der Waals surface area contributed by atoms with Crippen molar-refractivity contribution >= 4 is 17.5 Å². The Morgan fingerprint density at radius 2 is 1.68 bits per heavy atom. The lowest BCUT2D eigenvalue weighted by molar-refractivity contribution is -0.131. The molecule has 0 spiro atoms. The summed E-state index contributed by atoms with van der Waals surface area (Å²) in [7, 11) is 4.05. The van der Waals surface area contributed by atoms with Crippen molar-refractivity contribution in [3.05, 3.63) is 48.3 Å². The average Bonchev–Trinajstić information content (AvgIpc) is 2.67. The lowest BCUT2D eigenvalue weighted by atomic mass is 10.1. The minimum absolute atomic E-state index is 0.227. The summed E-state index contributed by atoms with van der Waals surface area (Å²) >= 11 is 0. The van der Waals surface area contributed by atoms with Crippen LogP contribution in [0.5, 0.6) is 0 Å². The van der Waals surface area contributed by atoms with E-state index >= 15 is 0 Å². The number of carbonyl (C=O) groups is 1. The number of aryl methyl sites for hydroxylation is 1. The summed E-state index contributed by atoms with van der Waals surface area (Å²) in [5.41, 5.74) is 2.38. The van der Waals surface area contributed by atoms with Crippen LogP contribution in [0.2, 0.25) is 0 Å². The monoisotopic (exact) mass is 339 g/mol. The summed E-state index contributed by atoms with van der Waals surface area (Å²) in [5.74, 6) is 0.973. The first-order valence-electron chi connectivity index (χ1n) is 8.69. The highest BCUT2D eigenvalue weighted by molar-refractivity contribution is 5.76. The number of amides is 1. The summed E-state index contributed by atoms with van der Waals surface area (Å²) < 4.78 is 0. The van der Waals surface area contributed by atoms with Gasteiger partial charge < -0.3 is 14.7 Å². The molecule has 1 aromatic carbocycles. The van der Waals surface area contributed by atoms with Gasteiger partial charge in [0.1, 0.15) is 0 Å². The van der Waals surface area contributed by atoms with Gasteiger partial charge in [0.25, 0.3) is 0 Å². The molecule has 1 fully saturated rings. The predicted octanol–water partition coefficient (Wildman–Crippen LogP) is 1.82. The van der Waals surface area contributed by atoms with Crippen LogP contribution in [0.1, 0.15) is 12.0 Å². The van der Waals surface area contributed by atoms with Gasteiger partial charge in [-0.05, 0) is 30.2 Å². The zero-order valence-electron chi connectivity index (χ0n) is 14.9. The summed E-state index contributed by atoms with van der Waals surface area (Å²) in [6.07, 6.45) is 4.85. The van der Waals surface area contributed by atoms with Crippen molar-refractivity contribution in [1.29, 1.82) is 0 Å². The third-order valence-electron chi connectivity index (χ3n) is 4.55. The molecule has 1 aromatic heterocycles. The number of aromatic nitrogens is 2. The van der Waals surface area contributed by atoms with E-state index in [2.05, 4.69) is 44.0 Å². The normalized spacial score (nSPS) is 14.5. The van der Waals surface area contributed by atoms with Gasteiger partial charge in [0.15, 0.2) is 0 Å². The SMILES string of the molecule is CN(C)c1ccc(CCC(=O)N2CCN(c3ncccn3)CC2)cc1. The molecule has 0 atom stereocenters. The van der Waals surface area contributed by atoms with Crippen LogP contribution in [0.4, 0.5) is 11.6 Å². The van der Waals surface area contributed by atoms with Gasteiger partial charge in [-0.1, -0.05) is 12.1 Å².